The summed E-state index contributed by atoms with van der Waals surface area (Å²) in [7, 11) is 0. The van der Waals surface area contributed by atoms with E-state index in [2.05, 4.69) is 21.4 Å². The number of nitriles is 1. The van der Waals surface area contributed by atoms with Gasteiger partial charge in [0.25, 0.3) is 5.56 Å². The molecule has 1 fully saturated rings. The maximum absolute atomic E-state index is 12.9. The van der Waals surface area contributed by atoms with Gasteiger partial charge in [-0.1, -0.05) is 18.2 Å². The molecule has 0 radical (unpaired) electrons. The summed E-state index contributed by atoms with van der Waals surface area (Å²) in [6.45, 7) is 3.21. The van der Waals surface area contributed by atoms with Crippen LogP contribution in [0.3, 0.4) is 0 Å². The molecule has 1 aliphatic rings. The topological polar surface area (TPSA) is 92.8 Å². The third-order valence-corrected chi connectivity index (χ3v) is 8.05. The summed E-state index contributed by atoms with van der Waals surface area (Å²) in [6.07, 6.45) is 5.72. The van der Waals surface area contributed by atoms with Crippen molar-refractivity contribution in [3.05, 3.63) is 88.5 Å². The van der Waals surface area contributed by atoms with Crippen molar-refractivity contribution in [3.63, 3.8) is 0 Å². The average Bonchev–Trinajstić information content (AvgIpc) is 3.32. The molecule has 184 valence electrons. The number of rotatable bonds is 6. The van der Waals surface area contributed by atoms with E-state index in [1.807, 2.05) is 48.5 Å². The zero-order valence-electron chi connectivity index (χ0n) is 20.2. The van der Waals surface area contributed by atoms with Gasteiger partial charge in [0, 0.05) is 27.1 Å². The number of hydrogen-bond acceptors (Lipinski definition) is 7. The van der Waals surface area contributed by atoms with E-state index in [4.69, 9.17) is 4.74 Å². The van der Waals surface area contributed by atoms with Crippen LogP contribution in [0.15, 0.2) is 71.8 Å². The molecule has 0 unspecified atom stereocenters. The summed E-state index contributed by atoms with van der Waals surface area (Å²) in [5.74, 6) is 1.87. The van der Waals surface area contributed by atoms with Gasteiger partial charge in [0.1, 0.15) is 4.83 Å². The molecule has 7 nitrogen and oxygen atoms in total. The summed E-state index contributed by atoms with van der Waals surface area (Å²) < 4.78 is 8.77. The summed E-state index contributed by atoms with van der Waals surface area (Å²) in [6, 6.07) is 19.3. The van der Waals surface area contributed by atoms with Crippen LogP contribution in [0.1, 0.15) is 24.0 Å². The van der Waals surface area contributed by atoms with Gasteiger partial charge in [-0.2, -0.15) is 5.26 Å². The van der Waals surface area contributed by atoms with E-state index >= 15 is 0 Å². The Morgan fingerprint density at radius 3 is 2.70 bits per heavy atom. The van der Waals surface area contributed by atoms with E-state index < -0.39 is 0 Å². The fourth-order valence-corrected chi connectivity index (χ4v) is 6.00. The van der Waals surface area contributed by atoms with Crippen LogP contribution in [-0.4, -0.2) is 34.2 Å². The highest BCUT2D eigenvalue weighted by Gasteiger charge is 2.15. The third kappa shape index (κ3) is 4.84. The van der Waals surface area contributed by atoms with Crippen molar-refractivity contribution in [1.82, 2.24) is 19.9 Å². The van der Waals surface area contributed by atoms with E-state index in [0.29, 0.717) is 36.2 Å². The monoisotopic (exact) mass is 507 g/mol. The number of fused-ring (bicyclic) bond motifs is 3. The van der Waals surface area contributed by atoms with Gasteiger partial charge in [-0.15, -0.1) is 11.3 Å². The predicted molar refractivity (Wildman–Crippen MR) is 146 cm³/mol. The molecule has 8 heteroatoms. The molecule has 37 heavy (non-hydrogen) atoms. The van der Waals surface area contributed by atoms with Gasteiger partial charge in [0.2, 0.25) is 0 Å². The van der Waals surface area contributed by atoms with E-state index in [0.717, 1.165) is 57.4 Å². The first-order valence-corrected chi connectivity index (χ1v) is 13.2. The van der Waals surface area contributed by atoms with Crippen LogP contribution < -0.4 is 15.6 Å². The highest BCUT2D eigenvalue weighted by Crippen LogP contribution is 2.34. The number of nitrogens with one attached hydrogen (secondary N) is 1. The Bertz CT molecular complexity index is 1680. The van der Waals surface area contributed by atoms with Crippen molar-refractivity contribution in [2.45, 2.75) is 19.4 Å². The van der Waals surface area contributed by atoms with E-state index in [9.17, 15) is 10.1 Å². The standard InChI is InChI=1S/C29H25N5O2S/c30-14-20-4-6-26-25(13-20)24-5-7-27(35)34(29(24)37-26)17-21-2-1-3-22(12-21)28-32-15-23(16-33-28)36-18-19-8-10-31-11-9-19/h1-7,12-13,15-16,19,31H,8-11,17-18H2. The van der Waals surface area contributed by atoms with E-state index in [1.165, 1.54) is 0 Å². The highest BCUT2D eigenvalue weighted by atomic mass is 32.1. The molecule has 0 spiro atoms. The number of hydrogen-bond donors (Lipinski definition) is 1. The Labute approximate surface area is 218 Å². The van der Waals surface area contributed by atoms with Gasteiger partial charge in [0.05, 0.1) is 37.2 Å². The summed E-state index contributed by atoms with van der Waals surface area (Å²) in [5, 5.41) is 14.6. The molecule has 0 atom stereocenters. The Hall–Kier alpha value is -4.06. The maximum Gasteiger partial charge on any atom is 0.251 e. The van der Waals surface area contributed by atoms with Crippen molar-refractivity contribution in [1.29, 1.82) is 5.26 Å². The molecule has 1 aliphatic heterocycles. The largest absolute Gasteiger partial charge is 0.490 e. The molecule has 0 amide bonds. The van der Waals surface area contributed by atoms with Gasteiger partial charge in [0.15, 0.2) is 11.6 Å². The Kier molecular flexibility index (Phi) is 6.39. The molecule has 0 bridgehead atoms. The molecule has 1 N–H and O–H groups in total. The summed E-state index contributed by atoms with van der Waals surface area (Å²) >= 11 is 1.57. The van der Waals surface area contributed by atoms with Crippen LogP contribution in [0.4, 0.5) is 0 Å². The molecular weight excluding hydrogens is 482 g/mol. The minimum atomic E-state index is -0.0588. The fourth-order valence-electron chi connectivity index (χ4n) is 4.82. The normalized spacial score (nSPS) is 14.1. The molecule has 1 saturated heterocycles. The zero-order chi connectivity index (χ0) is 25.2. The van der Waals surface area contributed by atoms with Gasteiger partial charge in [-0.3, -0.25) is 9.36 Å². The van der Waals surface area contributed by atoms with Crippen molar-refractivity contribution >= 4 is 31.6 Å². The first-order chi connectivity index (χ1) is 18.2. The minimum absolute atomic E-state index is 0.0588. The van der Waals surface area contributed by atoms with Gasteiger partial charge in [-0.25, -0.2) is 9.97 Å². The second kappa shape index (κ2) is 10.1. The SMILES string of the molecule is N#Cc1ccc2sc3c(ccc(=O)n3Cc3cccc(-c4ncc(OCC5CCNCC5)cn4)c3)c2c1. The second-order valence-electron chi connectivity index (χ2n) is 9.35. The predicted octanol–water partition coefficient (Wildman–Crippen LogP) is 4.97. The van der Waals surface area contributed by atoms with E-state index in [1.54, 1.807) is 34.4 Å². The molecule has 3 aromatic heterocycles. The van der Waals surface area contributed by atoms with Crippen molar-refractivity contribution < 1.29 is 4.74 Å². The van der Waals surface area contributed by atoms with Crippen LogP contribution in [0.5, 0.6) is 5.75 Å². The smallest absolute Gasteiger partial charge is 0.251 e. The molecular formula is C29H25N5O2S. The lowest BCUT2D eigenvalue weighted by molar-refractivity contribution is 0.214. The first kappa shape index (κ1) is 23.3. The number of thiophene rings is 1. The number of ether oxygens (including phenoxy) is 1. The molecule has 4 heterocycles. The average molecular weight is 508 g/mol. The summed E-state index contributed by atoms with van der Waals surface area (Å²) in [5.41, 5.74) is 2.42. The number of aromatic nitrogens is 3. The molecule has 5 aromatic rings. The number of nitrogens with zero attached hydrogens (tertiary/aromatic N) is 4. The Morgan fingerprint density at radius 2 is 1.89 bits per heavy atom. The van der Waals surface area contributed by atoms with Crippen molar-refractivity contribution in [2.24, 2.45) is 5.92 Å². The third-order valence-electron chi connectivity index (χ3n) is 6.84. The molecule has 2 aromatic carbocycles. The quantitative estimate of drug-likeness (QED) is 0.349. The number of pyridine rings is 1. The number of benzene rings is 2. The fraction of sp³-hybridized carbons (Fsp3) is 0.241. The second-order valence-corrected chi connectivity index (χ2v) is 10.4. The van der Waals surface area contributed by atoms with Crippen molar-refractivity contribution in [3.8, 4) is 23.2 Å². The van der Waals surface area contributed by atoms with Crippen LogP contribution in [0.25, 0.3) is 31.7 Å². The van der Waals surface area contributed by atoms with Crippen LogP contribution >= 0.6 is 11.3 Å². The Morgan fingerprint density at radius 1 is 1.05 bits per heavy atom. The molecule has 0 aliphatic carbocycles. The molecule has 0 saturated carbocycles. The lowest BCUT2D eigenvalue weighted by atomic mass is 9.99. The van der Waals surface area contributed by atoms with Gasteiger partial charge >= 0.3 is 0 Å². The summed E-state index contributed by atoms with van der Waals surface area (Å²) in [4.78, 5) is 22.8. The van der Waals surface area contributed by atoms with Crippen LogP contribution in [-0.2, 0) is 6.54 Å². The Balaban J connectivity index is 1.24. The molecule has 6 rings (SSSR count). The van der Waals surface area contributed by atoms with E-state index in [-0.39, 0.29) is 5.56 Å². The van der Waals surface area contributed by atoms with Crippen LogP contribution in [0, 0.1) is 17.2 Å². The first-order valence-electron chi connectivity index (χ1n) is 12.4. The maximum atomic E-state index is 12.9. The zero-order valence-corrected chi connectivity index (χ0v) is 21.0. The number of piperidine rings is 1. The van der Waals surface area contributed by atoms with Gasteiger partial charge < -0.3 is 10.1 Å². The minimum Gasteiger partial charge on any atom is -0.490 e. The van der Waals surface area contributed by atoms with Crippen LogP contribution in [0.2, 0.25) is 0 Å². The van der Waals surface area contributed by atoms with Crippen molar-refractivity contribution in [2.75, 3.05) is 19.7 Å². The lowest BCUT2D eigenvalue weighted by Gasteiger charge is -2.22. The highest BCUT2D eigenvalue weighted by molar-refractivity contribution is 7.25. The van der Waals surface area contributed by atoms with Gasteiger partial charge in [-0.05, 0) is 67.7 Å². The lowest BCUT2D eigenvalue weighted by Crippen LogP contribution is -2.30.